The third kappa shape index (κ3) is 8.54. The molecule has 0 aromatic rings. The van der Waals surface area contributed by atoms with E-state index in [1.807, 2.05) is 0 Å². The van der Waals surface area contributed by atoms with Gasteiger partial charge in [0.15, 0.2) is 0 Å². The molecule has 0 bridgehead atoms. The molecule has 0 aliphatic rings. The SMILES string of the molecule is CCCCCCC(C)(CCCC)CCC(=O)NC. The van der Waals surface area contributed by atoms with Gasteiger partial charge in [0.2, 0.25) is 5.91 Å². The van der Waals surface area contributed by atoms with Gasteiger partial charge in [-0.3, -0.25) is 4.79 Å². The normalized spacial score (nSPS) is 14.2. The number of hydrogen-bond acceptors (Lipinski definition) is 1. The molecule has 0 aromatic heterocycles. The van der Waals surface area contributed by atoms with Crippen LogP contribution < -0.4 is 5.32 Å². The van der Waals surface area contributed by atoms with Crippen molar-refractivity contribution in [1.82, 2.24) is 5.32 Å². The predicted molar refractivity (Wildman–Crippen MR) is 79.7 cm³/mol. The predicted octanol–water partition coefficient (Wildman–Crippen LogP) is 4.68. The van der Waals surface area contributed by atoms with E-state index in [4.69, 9.17) is 0 Å². The van der Waals surface area contributed by atoms with Gasteiger partial charge >= 0.3 is 0 Å². The zero-order valence-electron chi connectivity index (χ0n) is 13.0. The minimum atomic E-state index is 0.186. The first kappa shape index (κ1) is 17.5. The van der Waals surface area contributed by atoms with Gasteiger partial charge in [-0.15, -0.1) is 0 Å². The van der Waals surface area contributed by atoms with Crippen LogP contribution in [0.25, 0.3) is 0 Å². The fourth-order valence-corrected chi connectivity index (χ4v) is 2.50. The second-order valence-electron chi connectivity index (χ2n) is 5.90. The van der Waals surface area contributed by atoms with Crippen molar-refractivity contribution in [2.24, 2.45) is 5.41 Å². The maximum absolute atomic E-state index is 11.4. The lowest BCUT2D eigenvalue weighted by Gasteiger charge is -2.29. The van der Waals surface area contributed by atoms with Crippen LogP contribution in [0.2, 0.25) is 0 Å². The molecule has 0 radical (unpaired) electrons. The largest absolute Gasteiger partial charge is 0.359 e. The van der Waals surface area contributed by atoms with Gasteiger partial charge in [0, 0.05) is 13.5 Å². The Morgan fingerprint density at radius 1 is 0.944 bits per heavy atom. The lowest BCUT2D eigenvalue weighted by atomic mass is 9.76. The molecule has 2 heteroatoms. The number of unbranched alkanes of at least 4 members (excludes halogenated alkanes) is 4. The van der Waals surface area contributed by atoms with Gasteiger partial charge in [-0.2, -0.15) is 0 Å². The van der Waals surface area contributed by atoms with E-state index in [-0.39, 0.29) is 5.91 Å². The maximum atomic E-state index is 11.4. The molecule has 1 atom stereocenters. The van der Waals surface area contributed by atoms with Crippen molar-refractivity contribution in [2.75, 3.05) is 7.05 Å². The van der Waals surface area contributed by atoms with Crippen LogP contribution in [-0.2, 0) is 4.79 Å². The summed E-state index contributed by atoms with van der Waals surface area (Å²) < 4.78 is 0. The summed E-state index contributed by atoms with van der Waals surface area (Å²) >= 11 is 0. The van der Waals surface area contributed by atoms with Crippen molar-refractivity contribution >= 4 is 5.91 Å². The molecule has 0 aliphatic carbocycles. The quantitative estimate of drug-likeness (QED) is 0.534. The van der Waals surface area contributed by atoms with Crippen LogP contribution in [0.1, 0.15) is 85.0 Å². The lowest BCUT2D eigenvalue weighted by molar-refractivity contribution is -0.121. The van der Waals surface area contributed by atoms with Gasteiger partial charge in [-0.1, -0.05) is 59.3 Å². The molecule has 108 valence electrons. The monoisotopic (exact) mass is 255 g/mol. The Bertz CT molecular complexity index is 215. The van der Waals surface area contributed by atoms with Crippen LogP contribution in [-0.4, -0.2) is 13.0 Å². The Morgan fingerprint density at radius 3 is 2.11 bits per heavy atom. The summed E-state index contributed by atoms with van der Waals surface area (Å²) in [7, 11) is 1.73. The van der Waals surface area contributed by atoms with Crippen LogP contribution in [0.3, 0.4) is 0 Å². The molecule has 1 N–H and O–H groups in total. The van der Waals surface area contributed by atoms with Crippen LogP contribution >= 0.6 is 0 Å². The highest BCUT2D eigenvalue weighted by atomic mass is 16.1. The topological polar surface area (TPSA) is 29.1 Å². The standard InChI is InChI=1S/C16H33NO/c1-5-7-9-10-13-16(3,12-8-6-2)14-11-15(18)17-4/h5-14H2,1-4H3,(H,17,18). The highest BCUT2D eigenvalue weighted by Crippen LogP contribution is 2.35. The van der Waals surface area contributed by atoms with Crippen LogP contribution in [0.15, 0.2) is 0 Å². The first-order valence-corrected chi connectivity index (χ1v) is 7.78. The average Bonchev–Trinajstić information content (AvgIpc) is 2.39. The molecule has 0 rings (SSSR count). The second kappa shape index (κ2) is 10.4. The van der Waals surface area contributed by atoms with Crippen molar-refractivity contribution in [2.45, 2.75) is 85.0 Å². The minimum absolute atomic E-state index is 0.186. The molecular weight excluding hydrogens is 222 g/mol. The van der Waals surface area contributed by atoms with E-state index >= 15 is 0 Å². The smallest absolute Gasteiger partial charge is 0.219 e. The minimum Gasteiger partial charge on any atom is -0.359 e. The van der Waals surface area contributed by atoms with Crippen molar-refractivity contribution < 1.29 is 4.79 Å². The van der Waals surface area contributed by atoms with Gasteiger partial charge in [-0.05, 0) is 24.7 Å². The first-order chi connectivity index (χ1) is 8.58. The van der Waals surface area contributed by atoms with Crippen LogP contribution in [0, 0.1) is 5.41 Å². The summed E-state index contributed by atoms with van der Waals surface area (Å²) in [5, 5.41) is 2.73. The molecule has 0 aliphatic heterocycles. The van der Waals surface area contributed by atoms with Gasteiger partial charge in [0.25, 0.3) is 0 Å². The number of rotatable bonds is 11. The van der Waals surface area contributed by atoms with E-state index in [1.54, 1.807) is 7.05 Å². The van der Waals surface area contributed by atoms with Crippen molar-refractivity contribution in [3.05, 3.63) is 0 Å². The summed E-state index contributed by atoms with van der Waals surface area (Å²) in [4.78, 5) is 11.4. The molecule has 0 spiro atoms. The summed E-state index contributed by atoms with van der Waals surface area (Å²) in [6, 6.07) is 0. The molecule has 0 saturated carbocycles. The third-order valence-electron chi connectivity index (χ3n) is 4.00. The molecule has 2 nitrogen and oxygen atoms in total. The second-order valence-corrected chi connectivity index (χ2v) is 5.90. The zero-order chi connectivity index (χ0) is 13.9. The fraction of sp³-hybridized carbons (Fsp3) is 0.938. The fourth-order valence-electron chi connectivity index (χ4n) is 2.50. The van der Waals surface area contributed by atoms with Crippen molar-refractivity contribution in [3.8, 4) is 0 Å². The molecule has 0 saturated heterocycles. The summed E-state index contributed by atoms with van der Waals surface area (Å²) in [5.41, 5.74) is 0.371. The van der Waals surface area contributed by atoms with Crippen molar-refractivity contribution in [1.29, 1.82) is 0 Å². The molecule has 0 heterocycles. The van der Waals surface area contributed by atoms with E-state index in [0.29, 0.717) is 11.8 Å². The molecule has 18 heavy (non-hydrogen) atoms. The van der Waals surface area contributed by atoms with E-state index in [2.05, 4.69) is 26.1 Å². The van der Waals surface area contributed by atoms with Crippen LogP contribution in [0.5, 0.6) is 0 Å². The molecule has 1 amide bonds. The Balaban J connectivity index is 4.10. The highest BCUT2D eigenvalue weighted by molar-refractivity contribution is 5.75. The van der Waals surface area contributed by atoms with Crippen LogP contribution in [0.4, 0.5) is 0 Å². The van der Waals surface area contributed by atoms with E-state index in [0.717, 1.165) is 6.42 Å². The lowest BCUT2D eigenvalue weighted by Crippen LogP contribution is -2.23. The number of nitrogens with one attached hydrogen (secondary N) is 1. The molecule has 1 unspecified atom stereocenters. The van der Waals surface area contributed by atoms with Crippen molar-refractivity contribution in [3.63, 3.8) is 0 Å². The Labute approximate surface area is 114 Å². The highest BCUT2D eigenvalue weighted by Gasteiger charge is 2.23. The third-order valence-corrected chi connectivity index (χ3v) is 4.00. The van der Waals surface area contributed by atoms with Gasteiger partial charge in [0.1, 0.15) is 0 Å². The zero-order valence-corrected chi connectivity index (χ0v) is 13.0. The molecule has 0 aromatic carbocycles. The Morgan fingerprint density at radius 2 is 1.56 bits per heavy atom. The van der Waals surface area contributed by atoms with E-state index < -0.39 is 0 Å². The number of amides is 1. The van der Waals surface area contributed by atoms with Gasteiger partial charge < -0.3 is 5.32 Å². The van der Waals surface area contributed by atoms with Gasteiger partial charge in [-0.25, -0.2) is 0 Å². The molecule has 0 fully saturated rings. The summed E-state index contributed by atoms with van der Waals surface area (Å²) in [6.07, 6.45) is 12.1. The summed E-state index contributed by atoms with van der Waals surface area (Å²) in [6.45, 7) is 6.87. The number of carbonyl (C=O) groups is 1. The van der Waals surface area contributed by atoms with Gasteiger partial charge in [0.05, 0.1) is 0 Å². The number of hydrogen-bond donors (Lipinski definition) is 1. The van der Waals surface area contributed by atoms with E-state index in [1.165, 1.54) is 51.4 Å². The van der Waals surface area contributed by atoms with E-state index in [9.17, 15) is 4.79 Å². The summed E-state index contributed by atoms with van der Waals surface area (Å²) in [5.74, 6) is 0.186. The number of carbonyl (C=O) groups excluding carboxylic acids is 1. The maximum Gasteiger partial charge on any atom is 0.219 e. The average molecular weight is 255 g/mol. The Kier molecular flexibility index (Phi) is 10.1. The molecular formula is C16H33NO. The first-order valence-electron chi connectivity index (χ1n) is 7.78. The Hall–Kier alpha value is -0.530.